The molecule has 3 rings (SSSR count). The van der Waals surface area contributed by atoms with Gasteiger partial charge in [-0.1, -0.05) is 29.8 Å². The van der Waals surface area contributed by atoms with E-state index in [1.807, 2.05) is 0 Å². The number of alkyl halides is 1. The third kappa shape index (κ3) is 0.898. The predicted molar refractivity (Wildman–Crippen MR) is 58.2 cm³/mol. The Labute approximate surface area is 93.5 Å². The molecule has 0 aromatic rings. The van der Waals surface area contributed by atoms with Gasteiger partial charge in [-0.2, -0.15) is 0 Å². The Bertz CT molecular complexity index is 278. The van der Waals surface area contributed by atoms with Crippen LogP contribution in [0.2, 0.25) is 0 Å². The van der Waals surface area contributed by atoms with Gasteiger partial charge in [-0.25, -0.2) is 0 Å². The molecule has 0 amide bonds. The zero-order chi connectivity index (χ0) is 10.6. The molecule has 0 radical (unpaired) electrons. The number of hydrogen-bond donors (Lipinski definition) is 0. The van der Waals surface area contributed by atoms with Gasteiger partial charge in [0.2, 0.25) is 0 Å². The van der Waals surface area contributed by atoms with Crippen molar-refractivity contribution in [2.24, 2.45) is 22.7 Å². The quantitative estimate of drug-likeness (QED) is 0.564. The molecular weight excluding hydrogens is 244 g/mol. The fourth-order valence-electron chi connectivity index (χ4n) is 3.68. The Kier molecular flexibility index (Phi) is 2.22. The van der Waals surface area contributed by atoms with Gasteiger partial charge in [0.1, 0.15) is 0 Å². The molecule has 0 spiro atoms. The Morgan fingerprint density at radius 1 is 1.57 bits per heavy atom. The Balaban J connectivity index is 2.26. The maximum atomic E-state index is 11.6. The van der Waals surface area contributed by atoms with Crippen LogP contribution in [-0.4, -0.2) is 18.4 Å². The van der Waals surface area contributed by atoms with E-state index in [2.05, 4.69) is 29.8 Å². The molecule has 0 unspecified atom stereocenters. The van der Waals surface area contributed by atoms with E-state index in [0.717, 1.165) is 5.33 Å². The van der Waals surface area contributed by atoms with E-state index >= 15 is 0 Å². The number of carbonyl (C=O) groups is 1. The maximum Gasteiger partial charge on any atom is 0.309 e. The Morgan fingerprint density at radius 3 is 2.57 bits per heavy atom. The summed E-state index contributed by atoms with van der Waals surface area (Å²) in [5.41, 5.74) is 0.458. The molecule has 0 N–H and O–H groups in total. The molecule has 2 nitrogen and oxygen atoms in total. The van der Waals surface area contributed by atoms with Gasteiger partial charge in [-0.15, -0.1) is 0 Å². The molecule has 0 aliphatic heterocycles. The van der Waals surface area contributed by atoms with Gasteiger partial charge in [0.15, 0.2) is 0 Å². The summed E-state index contributed by atoms with van der Waals surface area (Å²) in [6.45, 7) is 4.53. The highest BCUT2D eigenvalue weighted by Gasteiger charge is 2.72. The second kappa shape index (κ2) is 2.97. The number of methoxy groups -OCH3 is 1. The third-order valence-electron chi connectivity index (χ3n) is 4.92. The highest BCUT2D eigenvalue weighted by Crippen LogP contribution is 2.74. The third-order valence-corrected chi connectivity index (χ3v) is 6.08. The van der Waals surface area contributed by atoms with Crippen molar-refractivity contribution >= 4 is 21.9 Å². The van der Waals surface area contributed by atoms with Crippen LogP contribution in [0, 0.1) is 22.7 Å². The molecule has 3 saturated carbocycles. The SMILES string of the molecule is COC(=O)[C@H]1[C@H]2CC[C@@]1(C)[C@@]2(C)CBr. The van der Waals surface area contributed by atoms with Crippen LogP contribution < -0.4 is 0 Å². The molecule has 0 saturated heterocycles. The maximum absolute atomic E-state index is 11.6. The van der Waals surface area contributed by atoms with Crippen molar-refractivity contribution in [1.29, 1.82) is 0 Å². The minimum Gasteiger partial charge on any atom is -0.469 e. The van der Waals surface area contributed by atoms with Crippen LogP contribution in [0.5, 0.6) is 0 Å². The van der Waals surface area contributed by atoms with Crippen LogP contribution in [0.15, 0.2) is 0 Å². The summed E-state index contributed by atoms with van der Waals surface area (Å²) in [6.07, 6.45) is 2.35. The zero-order valence-electron chi connectivity index (χ0n) is 8.97. The number of rotatable bonds is 2. The number of ether oxygens (including phenoxy) is 1. The lowest BCUT2D eigenvalue weighted by atomic mass is 9.45. The van der Waals surface area contributed by atoms with Gasteiger partial charge in [-0.3, -0.25) is 4.79 Å². The number of hydrogen-bond acceptors (Lipinski definition) is 2. The van der Waals surface area contributed by atoms with E-state index < -0.39 is 0 Å². The highest BCUT2D eigenvalue weighted by atomic mass is 79.9. The molecule has 80 valence electrons. The molecule has 14 heavy (non-hydrogen) atoms. The van der Waals surface area contributed by atoms with Crippen LogP contribution in [0.25, 0.3) is 0 Å². The van der Waals surface area contributed by atoms with Crippen molar-refractivity contribution in [3.05, 3.63) is 0 Å². The van der Waals surface area contributed by atoms with E-state index in [-0.39, 0.29) is 17.3 Å². The first-order valence-electron chi connectivity index (χ1n) is 5.15. The van der Waals surface area contributed by atoms with Crippen molar-refractivity contribution in [3.8, 4) is 0 Å². The highest BCUT2D eigenvalue weighted by molar-refractivity contribution is 9.09. The lowest BCUT2D eigenvalue weighted by molar-refractivity contribution is -0.179. The molecule has 3 heteroatoms. The molecule has 3 fully saturated rings. The summed E-state index contributed by atoms with van der Waals surface area (Å²) in [4.78, 5) is 11.6. The summed E-state index contributed by atoms with van der Waals surface area (Å²) in [5, 5.41) is 0.995. The number of fused-ring (bicyclic) bond motifs is 1. The topological polar surface area (TPSA) is 26.3 Å². The second-order valence-corrected chi connectivity index (χ2v) is 5.68. The predicted octanol–water partition coefficient (Wildman–Crippen LogP) is 2.61. The summed E-state index contributed by atoms with van der Waals surface area (Å²) in [6, 6.07) is 0. The Morgan fingerprint density at radius 2 is 2.21 bits per heavy atom. The van der Waals surface area contributed by atoms with Crippen LogP contribution in [0.4, 0.5) is 0 Å². The summed E-state index contributed by atoms with van der Waals surface area (Å²) < 4.78 is 4.88. The minimum atomic E-state index is -0.00609. The fourth-order valence-corrected chi connectivity index (χ4v) is 4.74. The molecule has 0 aromatic heterocycles. The van der Waals surface area contributed by atoms with Crippen LogP contribution in [0.1, 0.15) is 26.7 Å². The van der Waals surface area contributed by atoms with E-state index in [9.17, 15) is 4.79 Å². The van der Waals surface area contributed by atoms with Crippen LogP contribution in [-0.2, 0) is 9.53 Å². The average molecular weight is 261 g/mol. The van der Waals surface area contributed by atoms with Gasteiger partial charge in [0.25, 0.3) is 0 Å². The second-order valence-electron chi connectivity index (χ2n) is 5.11. The van der Waals surface area contributed by atoms with Gasteiger partial charge in [0.05, 0.1) is 13.0 Å². The number of halogens is 1. The van der Waals surface area contributed by atoms with Crippen molar-refractivity contribution in [3.63, 3.8) is 0 Å². The van der Waals surface area contributed by atoms with E-state index in [1.165, 1.54) is 20.0 Å². The molecule has 0 aromatic carbocycles. The van der Waals surface area contributed by atoms with Crippen molar-refractivity contribution in [1.82, 2.24) is 0 Å². The monoisotopic (exact) mass is 260 g/mol. The van der Waals surface area contributed by atoms with E-state index in [0.29, 0.717) is 11.3 Å². The van der Waals surface area contributed by atoms with Gasteiger partial charge >= 0.3 is 5.97 Å². The first-order valence-corrected chi connectivity index (χ1v) is 6.27. The number of esters is 1. The first kappa shape index (κ1) is 10.5. The van der Waals surface area contributed by atoms with Crippen LogP contribution in [0.3, 0.4) is 0 Å². The van der Waals surface area contributed by atoms with Crippen molar-refractivity contribution < 1.29 is 9.53 Å². The summed E-state index contributed by atoms with van der Waals surface area (Å²) in [5.74, 6) is 0.669. The molecule has 2 bridgehead atoms. The average Bonchev–Trinajstić information content (AvgIpc) is 2.67. The Hall–Kier alpha value is -0.0500. The standard InChI is InChI=1S/C11H17BrO2/c1-10-5-4-7(11(10,2)6-12)8(10)9(13)14-3/h7-8H,4-6H2,1-3H3/t7-,8-,10-,11+/m1/s1. The van der Waals surface area contributed by atoms with Gasteiger partial charge in [0, 0.05) is 5.33 Å². The minimum absolute atomic E-state index is 0.00609. The lowest BCUT2D eigenvalue weighted by Crippen LogP contribution is -2.60. The molecule has 4 atom stereocenters. The van der Waals surface area contributed by atoms with Gasteiger partial charge in [-0.05, 0) is 29.6 Å². The normalized spacial score (nSPS) is 50.0. The number of carbonyl (C=O) groups excluding carboxylic acids is 1. The smallest absolute Gasteiger partial charge is 0.309 e. The summed E-state index contributed by atoms with van der Waals surface area (Å²) >= 11 is 3.58. The largest absolute Gasteiger partial charge is 0.469 e. The van der Waals surface area contributed by atoms with Crippen molar-refractivity contribution in [2.75, 3.05) is 12.4 Å². The van der Waals surface area contributed by atoms with Crippen LogP contribution >= 0.6 is 15.9 Å². The molecule has 3 aliphatic rings. The summed E-state index contributed by atoms with van der Waals surface area (Å²) in [7, 11) is 1.49. The zero-order valence-corrected chi connectivity index (χ0v) is 10.6. The van der Waals surface area contributed by atoms with E-state index in [1.54, 1.807) is 0 Å². The van der Waals surface area contributed by atoms with E-state index in [4.69, 9.17) is 4.74 Å². The lowest BCUT2D eigenvalue weighted by Gasteiger charge is -2.59. The van der Waals surface area contributed by atoms with Gasteiger partial charge < -0.3 is 4.74 Å². The molecule has 3 aliphatic carbocycles. The fraction of sp³-hybridized carbons (Fsp3) is 0.909. The first-order chi connectivity index (χ1) is 6.51. The van der Waals surface area contributed by atoms with Crippen molar-refractivity contribution in [2.45, 2.75) is 26.7 Å². The molecule has 0 heterocycles. The molecular formula is C11H17BrO2.